The summed E-state index contributed by atoms with van der Waals surface area (Å²) in [6.07, 6.45) is 2.38. The van der Waals surface area contributed by atoms with Crippen LogP contribution in [-0.2, 0) is 14.3 Å². The monoisotopic (exact) mass is 335 g/mol. The van der Waals surface area contributed by atoms with E-state index in [2.05, 4.69) is 15.0 Å². The number of rotatable bonds is 4. The van der Waals surface area contributed by atoms with Crippen LogP contribution in [0.25, 0.3) is 11.2 Å². The van der Waals surface area contributed by atoms with Crippen molar-refractivity contribution < 1.29 is 19.0 Å². The molecule has 0 spiro atoms. The maximum Gasteiger partial charge on any atom is 0.303 e. The Morgan fingerprint density at radius 3 is 2.92 bits per heavy atom. The van der Waals surface area contributed by atoms with Crippen molar-refractivity contribution in [3.05, 3.63) is 6.33 Å². The molecule has 9 nitrogen and oxygen atoms in total. The molecule has 9 heteroatoms. The SMILES string of the molecule is CC[C@@H]1C[C@@](C)(OC(C)=O)C(n2cnc3c(OC)nc(N)nc32)O1. The molecule has 0 radical (unpaired) electrons. The van der Waals surface area contributed by atoms with Crippen molar-refractivity contribution in [2.75, 3.05) is 12.8 Å². The van der Waals surface area contributed by atoms with E-state index in [1.54, 1.807) is 10.9 Å². The number of nitrogens with zero attached hydrogens (tertiary/aromatic N) is 4. The third-order valence-electron chi connectivity index (χ3n) is 4.16. The first-order valence-electron chi connectivity index (χ1n) is 7.77. The minimum absolute atomic E-state index is 0.0297. The molecule has 1 unspecified atom stereocenters. The Hall–Kier alpha value is -2.42. The van der Waals surface area contributed by atoms with E-state index in [0.29, 0.717) is 17.6 Å². The van der Waals surface area contributed by atoms with Gasteiger partial charge in [0.2, 0.25) is 11.8 Å². The largest absolute Gasteiger partial charge is 0.479 e. The van der Waals surface area contributed by atoms with Crippen LogP contribution in [0.15, 0.2) is 6.33 Å². The number of carbonyl (C=O) groups is 1. The van der Waals surface area contributed by atoms with Crippen LogP contribution in [0.2, 0.25) is 0 Å². The summed E-state index contributed by atoms with van der Waals surface area (Å²) >= 11 is 0. The lowest BCUT2D eigenvalue weighted by Gasteiger charge is -2.30. The molecule has 3 atom stereocenters. The van der Waals surface area contributed by atoms with Crippen LogP contribution < -0.4 is 10.5 Å². The standard InChI is InChI=1S/C15H21N5O4/c1-5-9-6-15(3,24-8(2)21)13(23-9)20-7-17-10-11(20)18-14(16)19-12(10)22-4/h7,9,13H,5-6H2,1-4H3,(H2,16,18,19)/t9-,13?,15-/m1/s1. The van der Waals surface area contributed by atoms with Crippen molar-refractivity contribution >= 4 is 23.1 Å². The number of fused-ring (bicyclic) bond motifs is 1. The zero-order valence-electron chi connectivity index (χ0n) is 14.1. The molecule has 24 heavy (non-hydrogen) atoms. The fraction of sp³-hybridized carbons (Fsp3) is 0.600. The van der Waals surface area contributed by atoms with Gasteiger partial charge in [0.15, 0.2) is 23.0 Å². The number of imidazole rings is 1. The Kier molecular flexibility index (Phi) is 4.04. The number of hydrogen-bond acceptors (Lipinski definition) is 8. The first kappa shape index (κ1) is 16.4. The van der Waals surface area contributed by atoms with Crippen molar-refractivity contribution in [2.24, 2.45) is 0 Å². The lowest BCUT2D eigenvalue weighted by molar-refractivity contribution is -0.167. The van der Waals surface area contributed by atoms with Crippen molar-refractivity contribution in [2.45, 2.75) is 51.5 Å². The molecule has 130 valence electrons. The van der Waals surface area contributed by atoms with Gasteiger partial charge in [-0.1, -0.05) is 6.92 Å². The molecule has 2 aromatic heterocycles. The van der Waals surface area contributed by atoms with Crippen LogP contribution in [0.4, 0.5) is 5.95 Å². The Morgan fingerprint density at radius 1 is 1.54 bits per heavy atom. The van der Waals surface area contributed by atoms with Crippen LogP contribution in [0.1, 0.15) is 39.8 Å². The summed E-state index contributed by atoms with van der Waals surface area (Å²) in [5.41, 5.74) is 5.88. The number of nitrogen functional groups attached to an aromatic ring is 1. The molecule has 0 aromatic carbocycles. The second-order valence-electron chi connectivity index (χ2n) is 6.04. The third kappa shape index (κ3) is 2.64. The van der Waals surface area contributed by atoms with Crippen LogP contribution in [0.3, 0.4) is 0 Å². The number of methoxy groups -OCH3 is 1. The van der Waals surface area contributed by atoms with Gasteiger partial charge in [0.25, 0.3) is 0 Å². The van der Waals surface area contributed by atoms with Crippen molar-refractivity contribution in [3.8, 4) is 5.88 Å². The van der Waals surface area contributed by atoms with Crippen molar-refractivity contribution in [1.82, 2.24) is 19.5 Å². The van der Waals surface area contributed by atoms with E-state index in [1.807, 2.05) is 13.8 Å². The molecule has 1 aliphatic heterocycles. The molecule has 0 bridgehead atoms. The van der Waals surface area contributed by atoms with Gasteiger partial charge in [0.05, 0.1) is 19.5 Å². The fourth-order valence-corrected chi connectivity index (χ4v) is 3.17. The summed E-state index contributed by atoms with van der Waals surface area (Å²) in [7, 11) is 1.49. The van der Waals surface area contributed by atoms with E-state index in [-0.39, 0.29) is 23.9 Å². The highest BCUT2D eigenvalue weighted by atomic mass is 16.6. The maximum atomic E-state index is 11.6. The summed E-state index contributed by atoms with van der Waals surface area (Å²) in [4.78, 5) is 24.1. The number of aromatic nitrogens is 4. The molecule has 3 rings (SSSR count). The van der Waals surface area contributed by atoms with Gasteiger partial charge in [-0.25, -0.2) is 4.98 Å². The van der Waals surface area contributed by atoms with Crippen LogP contribution in [0.5, 0.6) is 5.88 Å². The smallest absolute Gasteiger partial charge is 0.303 e. The van der Waals surface area contributed by atoms with E-state index in [4.69, 9.17) is 19.9 Å². The molecule has 1 fully saturated rings. The number of hydrogen-bond donors (Lipinski definition) is 1. The van der Waals surface area contributed by atoms with Gasteiger partial charge < -0.3 is 19.9 Å². The average molecular weight is 335 g/mol. The number of anilines is 1. The molecule has 0 saturated carbocycles. The van der Waals surface area contributed by atoms with Gasteiger partial charge in [0, 0.05) is 13.3 Å². The molecular formula is C15H21N5O4. The van der Waals surface area contributed by atoms with Gasteiger partial charge in [-0.3, -0.25) is 9.36 Å². The number of ether oxygens (including phenoxy) is 3. The molecule has 2 N–H and O–H groups in total. The van der Waals surface area contributed by atoms with Crippen LogP contribution in [-0.4, -0.2) is 44.3 Å². The Balaban J connectivity index is 2.10. The molecule has 2 aromatic rings. The zero-order chi connectivity index (χ0) is 17.5. The number of esters is 1. The number of nitrogens with two attached hydrogens (primary N) is 1. The normalized spacial score (nSPS) is 26.7. The molecule has 0 amide bonds. The maximum absolute atomic E-state index is 11.6. The molecule has 0 aliphatic carbocycles. The molecule has 3 heterocycles. The first-order valence-corrected chi connectivity index (χ1v) is 7.77. The topological polar surface area (TPSA) is 114 Å². The summed E-state index contributed by atoms with van der Waals surface area (Å²) < 4.78 is 18.6. The van der Waals surface area contributed by atoms with E-state index < -0.39 is 11.8 Å². The number of carbonyl (C=O) groups excluding carboxylic acids is 1. The van der Waals surface area contributed by atoms with Crippen LogP contribution >= 0.6 is 0 Å². The molecule has 1 saturated heterocycles. The third-order valence-corrected chi connectivity index (χ3v) is 4.16. The Morgan fingerprint density at radius 2 is 2.29 bits per heavy atom. The average Bonchev–Trinajstić information content (AvgIpc) is 3.06. The van der Waals surface area contributed by atoms with Gasteiger partial charge in [-0.15, -0.1) is 0 Å². The lowest BCUT2D eigenvalue weighted by atomic mass is 9.98. The van der Waals surface area contributed by atoms with E-state index in [9.17, 15) is 4.79 Å². The quantitative estimate of drug-likeness (QED) is 0.835. The lowest BCUT2D eigenvalue weighted by Crippen LogP contribution is -2.37. The second-order valence-corrected chi connectivity index (χ2v) is 6.04. The van der Waals surface area contributed by atoms with Crippen molar-refractivity contribution in [3.63, 3.8) is 0 Å². The summed E-state index contributed by atoms with van der Waals surface area (Å²) in [6.45, 7) is 5.26. The highest BCUT2D eigenvalue weighted by molar-refractivity contribution is 5.77. The second kappa shape index (κ2) is 5.90. The van der Waals surface area contributed by atoms with Gasteiger partial charge in [0.1, 0.15) is 0 Å². The first-order chi connectivity index (χ1) is 11.4. The van der Waals surface area contributed by atoms with Gasteiger partial charge in [-0.05, 0) is 13.3 Å². The molecule has 1 aliphatic rings. The molecular weight excluding hydrogens is 314 g/mol. The Bertz CT molecular complexity index is 777. The fourth-order valence-electron chi connectivity index (χ4n) is 3.17. The van der Waals surface area contributed by atoms with Gasteiger partial charge >= 0.3 is 5.97 Å². The highest BCUT2D eigenvalue weighted by Crippen LogP contribution is 2.43. The van der Waals surface area contributed by atoms with Crippen molar-refractivity contribution in [1.29, 1.82) is 0 Å². The predicted molar refractivity (Wildman–Crippen MR) is 85.3 cm³/mol. The van der Waals surface area contributed by atoms with Gasteiger partial charge in [-0.2, -0.15) is 9.97 Å². The predicted octanol–water partition coefficient (Wildman–Crippen LogP) is 1.44. The summed E-state index contributed by atoms with van der Waals surface area (Å²) in [6, 6.07) is 0. The summed E-state index contributed by atoms with van der Waals surface area (Å²) in [5, 5.41) is 0. The van der Waals surface area contributed by atoms with Crippen LogP contribution in [0, 0.1) is 0 Å². The zero-order valence-corrected chi connectivity index (χ0v) is 14.1. The highest BCUT2D eigenvalue weighted by Gasteiger charge is 2.49. The summed E-state index contributed by atoms with van der Waals surface area (Å²) in [5.74, 6) is -0.00481. The van der Waals surface area contributed by atoms with E-state index >= 15 is 0 Å². The minimum atomic E-state index is -0.826. The minimum Gasteiger partial charge on any atom is -0.479 e. The Labute approximate surface area is 139 Å². The van der Waals surface area contributed by atoms with E-state index in [0.717, 1.165) is 6.42 Å². The van der Waals surface area contributed by atoms with E-state index in [1.165, 1.54) is 14.0 Å².